The van der Waals surface area contributed by atoms with E-state index in [4.69, 9.17) is 5.73 Å². The van der Waals surface area contributed by atoms with Gasteiger partial charge in [0.2, 0.25) is 0 Å². The van der Waals surface area contributed by atoms with E-state index in [1.807, 2.05) is 0 Å². The summed E-state index contributed by atoms with van der Waals surface area (Å²) in [6, 6.07) is 4.25. The quantitative estimate of drug-likeness (QED) is 0.651. The van der Waals surface area contributed by atoms with E-state index in [0.717, 1.165) is 12.1 Å². The molecule has 106 valence electrons. The standard InChI is InChI=1S/C14H10BrF4N/c15-10-3-4-11(17)9(14(10)19)6-13(20)8-2-1-7(16)5-12(8)18/h1-5,13H,6,20H2. The van der Waals surface area contributed by atoms with Gasteiger partial charge in [-0.3, -0.25) is 0 Å². The molecular formula is C14H10BrF4N. The van der Waals surface area contributed by atoms with E-state index in [1.54, 1.807) is 0 Å². The number of benzene rings is 2. The molecule has 0 radical (unpaired) electrons. The molecule has 1 atom stereocenters. The van der Waals surface area contributed by atoms with E-state index >= 15 is 0 Å². The second-order valence-corrected chi connectivity index (χ2v) is 5.15. The van der Waals surface area contributed by atoms with Gasteiger partial charge in [-0.15, -0.1) is 0 Å². The van der Waals surface area contributed by atoms with Gasteiger partial charge in [-0.25, -0.2) is 17.6 Å². The van der Waals surface area contributed by atoms with Crippen molar-refractivity contribution >= 4 is 15.9 Å². The number of rotatable bonds is 3. The smallest absolute Gasteiger partial charge is 0.143 e. The van der Waals surface area contributed by atoms with Crippen LogP contribution >= 0.6 is 15.9 Å². The van der Waals surface area contributed by atoms with E-state index in [1.165, 1.54) is 12.1 Å². The number of hydrogen-bond acceptors (Lipinski definition) is 1. The molecule has 2 N–H and O–H groups in total. The normalized spacial score (nSPS) is 12.5. The minimum atomic E-state index is -0.978. The number of nitrogens with two attached hydrogens (primary N) is 1. The molecule has 0 fully saturated rings. The van der Waals surface area contributed by atoms with Gasteiger partial charge >= 0.3 is 0 Å². The van der Waals surface area contributed by atoms with Crippen LogP contribution in [0.1, 0.15) is 17.2 Å². The summed E-state index contributed by atoms with van der Waals surface area (Å²) in [5.74, 6) is -3.11. The van der Waals surface area contributed by atoms with Gasteiger partial charge in [0.25, 0.3) is 0 Å². The molecule has 1 unspecified atom stereocenters. The van der Waals surface area contributed by atoms with Gasteiger partial charge in [0, 0.05) is 23.2 Å². The lowest BCUT2D eigenvalue weighted by Gasteiger charge is -2.14. The van der Waals surface area contributed by atoms with E-state index in [9.17, 15) is 17.6 Å². The van der Waals surface area contributed by atoms with Crippen LogP contribution in [0.2, 0.25) is 0 Å². The Labute approximate surface area is 121 Å². The molecule has 2 aromatic carbocycles. The third-order valence-corrected chi connectivity index (χ3v) is 3.54. The first-order valence-corrected chi connectivity index (χ1v) is 6.52. The molecule has 6 heteroatoms. The Bertz CT molecular complexity index is 645. The summed E-state index contributed by atoms with van der Waals surface area (Å²) in [6.07, 6.45) is -0.236. The average Bonchev–Trinajstić information content (AvgIpc) is 2.39. The van der Waals surface area contributed by atoms with Crippen molar-refractivity contribution < 1.29 is 17.6 Å². The van der Waals surface area contributed by atoms with Crippen molar-refractivity contribution in [2.75, 3.05) is 0 Å². The second kappa shape index (κ2) is 5.93. The van der Waals surface area contributed by atoms with Crippen molar-refractivity contribution in [3.05, 3.63) is 69.2 Å². The molecule has 0 spiro atoms. The highest BCUT2D eigenvalue weighted by Crippen LogP contribution is 2.26. The molecule has 0 heterocycles. The Kier molecular flexibility index (Phi) is 4.45. The summed E-state index contributed by atoms with van der Waals surface area (Å²) in [4.78, 5) is 0. The maximum atomic E-state index is 13.8. The largest absolute Gasteiger partial charge is 0.324 e. The number of hydrogen-bond donors (Lipinski definition) is 1. The lowest BCUT2D eigenvalue weighted by atomic mass is 9.98. The molecule has 0 saturated carbocycles. The van der Waals surface area contributed by atoms with Crippen LogP contribution < -0.4 is 5.73 Å². The molecule has 1 nitrogen and oxygen atoms in total. The first-order valence-electron chi connectivity index (χ1n) is 5.73. The molecule has 2 rings (SSSR count). The van der Waals surface area contributed by atoms with Gasteiger partial charge in [-0.1, -0.05) is 6.07 Å². The van der Waals surface area contributed by atoms with Crippen molar-refractivity contribution in [3.8, 4) is 0 Å². The molecular weight excluding hydrogens is 338 g/mol. The molecule has 0 bridgehead atoms. The predicted octanol–water partition coefficient (Wildman–Crippen LogP) is 4.25. The van der Waals surface area contributed by atoms with Crippen molar-refractivity contribution in [3.63, 3.8) is 0 Å². The summed E-state index contributed by atoms with van der Waals surface area (Å²) < 4.78 is 53.9. The summed E-state index contributed by atoms with van der Waals surface area (Å²) in [5.41, 5.74) is 5.52. The third kappa shape index (κ3) is 3.02. The van der Waals surface area contributed by atoms with Crippen LogP contribution in [0.3, 0.4) is 0 Å². The Morgan fingerprint density at radius 2 is 1.70 bits per heavy atom. The lowest BCUT2D eigenvalue weighted by Crippen LogP contribution is -2.17. The van der Waals surface area contributed by atoms with Crippen molar-refractivity contribution in [1.82, 2.24) is 0 Å². The monoisotopic (exact) mass is 347 g/mol. The number of halogens is 5. The topological polar surface area (TPSA) is 26.0 Å². The van der Waals surface area contributed by atoms with Crippen LogP contribution in [0.15, 0.2) is 34.8 Å². The van der Waals surface area contributed by atoms with Crippen LogP contribution in [0.4, 0.5) is 17.6 Å². The van der Waals surface area contributed by atoms with Crippen molar-refractivity contribution in [2.24, 2.45) is 5.73 Å². The fourth-order valence-corrected chi connectivity index (χ4v) is 2.26. The van der Waals surface area contributed by atoms with Crippen molar-refractivity contribution in [2.45, 2.75) is 12.5 Å². The Hall–Kier alpha value is -1.40. The fraction of sp³-hybridized carbons (Fsp3) is 0.143. The molecule has 0 aliphatic heterocycles. The maximum Gasteiger partial charge on any atom is 0.143 e. The zero-order valence-electron chi connectivity index (χ0n) is 10.1. The molecule has 0 amide bonds. The van der Waals surface area contributed by atoms with Crippen LogP contribution in [0.25, 0.3) is 0 Å². The SMILES string of the molecule is NC(Cc1c(F)ccc(Br)c1F)c1ccc(F)cc1F. The molecule has 20 heavy (non-hydrogen) atoms. The minimum absolute atomic E-state index is 0.00479. The third-order valence-electron chi connectivity index (χ3n) is 2.92. The Balaban J connectivity index is 2.32. The van der Waals surface area contributed by atoms with E-state index in [0.29, 0.717) is 6.07 Å². The van der Waals surface area contributed by atoms with E-state index in [2.05, 4.69) is 15.9 Å². The predicted molar refractivity (Wildman–Crippen MR) is 71.0 cm³/mol. The zero-order chi connectivity index (χ0) is 14.9. The summed E-state index contributed by atoms with van der Waals surface area (Å²) >= 11 is 2.94. The average molecular weight is 348 g/mol. The van der Waals surface area contributed by atoms with E-state index in [-0.39, 0.29) is 22.0 Å². The van der Waals surface area contributed by atoms with Gasteiger partial charge < -0.3 is 5.73 Å². The minimum Gasteiger partial charge on any atom is -0.324 e. The summed E-state index contributed by atoms with van der Waals surface area (Å²) in [5, 5.41) is 0. The van der Waals surface area contributed by atoms with Crippen LogP contribution in [-0.2, 0) is 6.42 Å². The first-order chi connectivity index (χ1) is 9.40. The maximum absolute atomic E-state index is 13.8. The first kappa shape index (κ1) is 15.0. The van der Waals surface area contributed by atoms with Crippen LogP contribution in [-0.4, -0.2) is 0 Å². The van der Waals surface area contributed by atoms with Gasteiger partial charge in [-0.2, -0.15) is 0 Å². The molecule has 0 aromatic heterocycles. The van der Waals surface area contributed by atoms with Gasteiger partial charge in [0.1, 0.15) is 23.3 Å². The highest BCUT2D eigenvalue weighted by atomic mass is 79.9. The summed E-state index contributed by atoms with van der Waals surface area (Å²) in [7, 11) is 0. The highest BCUT2D eigenvalue weighted by Gasteiger charge is 2.19. The highest BCUT2D eigenvalue weighted by molar-refractivity contribution is 9.10. The van der Waals surface area contributed by atoms with Crippen LogP contribution in [0.5, 0.6) is 0 Å². The van der Waals surface area contributed by atoms with Gasteiger partial charge in [0.05, 0.1) is 4.47 Å². The Morgan fingerprint density at radius 3 is 2.35 bits per heavy atom. The zero-order valence-corrected chi connectivity index (χ0v) is 11.7. The second-order valence-electron chi connectivity index (χ2n) is 4.30. The molecule has 0 aliphatic rings. The van der Waals surface area contributed by atoms with Gasteiger partial charge in [0.15, 0.2) is 0 Å². The van der Waals surface area contributed by atoms with Gasteiger partial charge in [-0.05, 0) is 40.5 Å². The molecule has 2 aromatic rings. The Morgan fingerprint density at radius 1 is 1.00 bits per heavy atom. The molecule has 0 saturated heterocycles. The van der Waals surface area contributed by atoms with Crippen LogP contribution in [0, 0.1) is 23.3 Å². The fourth-order valence-electron chi connectivity index (χ4n) is 1.89. The summed E-state index contributed by atoms with van der Waals surface area (Å²) in [6.45, 7) is 0. The lowest BCUT2D eigenvalue weighted by molar-refractivity contribution is 0.521. The van der Waals surface area contributed by atoms with Crippen molar-refractivity contribution in [1.29, 1.82) is 0 Å². The van der Waals surface area contributed by atoms with E-state index < -0.39 is 29.3 Å². The molecule has 0 aliphatic carbocycles.